The quantitative estimate of drug-likeness (QED) is 0.289. The van der Waals surface area contributed by atoms with Crippen LogP contribution in [-0.4, -0.2) is 80.1 Å². The zero-order valence-corrected chi connectivity index (χ0v) is 19.1. The molecule has 0 unspecified atom stereocenters. The summed E-state index contributed by atoms with van der Waals surface area (Å²) in [5.41, 5.74) is 1.13. The molecule has 27 heavy (non-hydrogen) atoms. The molecule has 0 aliphatic carbocycles. The molecule has 1 N–H and O–H groups in total. The maximum Gasteiger partial charge on any atom is 0.198 e. The maximum absolute atomic E-state index is 4.94. The van der Waals surface area contributed by atoms with Crippen LogP contribution >= 0.6 is 24.0 Å². The monoisotopic (exact) mass is 485 g/mol. The van der Waals surface area contributed by atoms with Crippen molar-refractivity contribution in [3.63, 3.8) is 0 Å². The van der Waals surface area contributed by atoms with Gasteiger partial charge in [0.05, 0.1) is 0 Å². The first-order valence-electron chi connectivity index (χ1n) is 10.3. The fourth-order valence-electron chi connectivity index (χ4n) is 3.68. The third kappa shape index (κ3) is 7.95. The normalized spacial score (nSPS) is 19.6. The Morgan fingerprint density at radius 1 is 0.926 bits per heavy atom. The smallest absolute Gasteiger partial charge is 0.198 e. The Morgan fingerprint density at radius 3 is 2.33 bits per heavy atom. The number of guanidine groups is 1. The highest BCUT2D eigenvalue weighted by Crippen LogP contribution is 2.13. The van der Waals surface area contributed by atoms with E-state index in [2.05, 4.69) is 57.4 Å². The van der Waals surface area contributed by atoms with Crippen LogP contribution in [0.3, 0.4) is 0 Å². The molecule has 0 amide bonds. The number of nitrogens with zero attached hydrogens (tertiary/aromatic N) is 4. The van der Waals surface area contributed by atoms with Crippen molar-refractivity contribution in [1.29, 1.82) is 0 Å². The molecule has 1 aromatic rings. The second kappa shape index (κ2) is 12.6. The van der Waals surface area contributed by atoms with Crippen LogP contribution in [0.4, 0.5) is 5.69 Å². The van der Waals surface area contributed by atoms with Crippen LogP contribution in [0.5, 0.6) is 0 Å². The molecule has 6 heteroatoms. The van der Waals surface area contributed by atoms with Crippen molar-refractivity contribution in [2.45, 2.75) is 32.1 Å². The van der Waals surface area contributed by atoms with E-state index in [-0.39, 0.29) is 24.0 Å². The summed E-state index contributed by atoms with van der Waals surface area (Å²) in [5, 5.41) is 3.55. The van der Waals surface area contributed by atoms with Gasteiger partial charge in [0.2, 0.25) is 0 Å². The highest BCUT2D eigenvalue weighted by molar-refractivity contribution is 14.0. The number of hydrogen-bond acceptors (Lipinski definition) is 3. The van der Waals surface area contributed by atoms with Gasteiger partial charge in [0.25, 0.3) is 0 Å². The van der Waals surface area contributed by atoms with E-state index in [1.165, 1.54) is 64.8 Å². The van der Waals surface area contributed by atoms with Crippen LogP contribution in [0.15, 0.2) is 35.3 Å². The lowest BCUT2D eigenvalue weighted by Gasteiger charge is -2.32. The molecule has 0 atom stereocenters. The van der Waals surface area contributed by atoms with Gasteiger partial charge in [-0.3, -0.25) is 4.99 Å². The van der Waals surface area contributed by atoms with Gasteiger partial charge in [-0.25, -0.2) is 0 Å². The molecule has 5 nitrogen and oxygen atoms in total. The fraction of sp³-hybridized carbons (Fsp3) is 0.667. The minimum Gasteiger partial charge on any atom is -0.343 e. The van der Waals surface area contributed by atoms with E-state index in [1.54, 1.807) is 0 Å². The number of benzene rings is 1. The van der Waals surface area contributed by atoms with E-state index in [4.69, 9.17) is 4.99 Å². The second-order valence-electron chi connectivity index (χ2n) is 7.60. The van der Waals surface area contributed by atoms with Gasteiger partial charge in [0.15, 0.2) is 5.96 Å². The summed E-state index contributed by atoms with van der Waals surface area (Å²) < 4.78 is 0. The summed E-state index contributed by atoms with van der Waals surface area (Å²) in [4.78, 5) is 12.4. The first-order chi connectivity index (χ1) is 12.8. The number of hydrogen-bond donors (Lipinski definition) is 1. The third-order valence-electron chi connectivity index (χ3n) is 5.43. The second-order valence-corrected chi connectivity index (χ2v) is 7.60. The molecule has 0 radical (unpaired) electrons. The Labute approximate surface area is 182 Å². The summed E-state index contributed by atoms with van der Waals surface area (Å²) in [6, 6.07) is 10.4. The summed E-state index contributed by atoms with van der Waals surface area (Å²) >= 11 is 0. The number of piperidine rings is 1. The average Bonchev–Trinajstić information content (AvgIpc) is 2.70. The summed E-state index contributed by atoms with van der Waals surface area (Å²) in [5.74, 6) is 1.07. The van der Waals surface area contributed by atoms with Gasteiger partial charge in [-0.2, -0.15) is 0 Å². The van der Waals surface area contributed by atoms with Crippen molar-refractivity contribution in [3.8, 4) is 0 Å². The molecule has 3 rings (SSSR count). The van der Waals surface area contributed by atoms with E-state index < -0.39 is 0 Å². The highest BCUT2D eigenvalue weighted by atomic mass is 127. The zero-order valence-electron chi connectivity index (χ0n) is 16.8. The number of likely N-dealkylation sites (tertiary alicyclic amines) is 1. The van der Waals surface area contributed by atoms with Crippen molar-refractivity contribution in [2.75, 3.05) is 64.7 Å². The number of likely N-dealkylation sites (N-methyl/N-ethyl adjacent to an activating group) is 1. The van der Waals surface area contributed by atoms with E-state index in [9.17, 15) is 0 Å². The van der Waals surface area contributed by atoms with E-state index in [1.807, 2.05) is 0 Å². The van der Waals surface area contributed by atoms with Gasteiger partial charge in [-0.15, -0.1) is 24.0 Å². The molecule has 2 aliphatic rings. The number of halogens is 1. The van der Waals surface area contributed by atoms with E-state index in [0.29, 0.717) is 0 Å². The van der Waals surface area contributed by atoms with Gasteiger partial charge in [-0.05, 0) is 57.8 Å². The minimum atomic E-state index is 0. The van der Waals surface area contributed by atoms with Crippen LogP contribution in [0.2, 0.25) is 0 Å². The first kappa shape index (κ1) is 22.4. The summed E-state index contributed by atoms with van der Waals surface area (Å²) in [6.07, 6.45) is 6.31. The summed E-state index contributed by atoms with van der Waals surface area (Å²) in [7, 11) is 2.22. The van der Waals surface area contributed by atoms with Crippen molar-refractivity contribution in [3.05, 3.63) is 30.3 Å². The minimum absolute atomic E-state index is 0. The third-order valence-corrected chi connectivity index (χ3v) is 5.43. The number of aliphatic imine (C=N–C) groups is 1. The number of unbranched alkanes of at least 4 members (excludes halogenated alkanes) is 1. The number of rotatable bonds is 6. The Bertz CT molecular complexity index is 537. The van der Waals surface area contributed by atoms with Gasteiger partial charge in [0, 0.05) is 51.5 Å². The SMILES string of the molecule is CN1CCN(CCCCN=C(Nc2ccccc2)N2CCCCC2)CC1.I. The topological polar surface area (TPSA) is 34.1 Å². The fourth-order valence-corrected chi connectivity index (χ4v) is 3.68. The number of anilines is 1. The Kier molecular flexibility index (Phi) is 10.4. The number of piperazine rings is 1. The molecule has 152 valence electrons. The standard InChI is InChI=1S/C21H35N5.HI/c1-24-16-18-25(19-17-24)13-9-6-12-22-21(26-14-7-3-8-15-26)23-20-10-4-2-5-11-20;/h2,4-5,10-11H,3,6-9,12-19H2,1H3,(H,22,23);1H. The zero-order chi connectivity index (χ0) is 18.0. The molecule has 1 aromatic carbocycles. The van der Waals surface area contributed by atoms with Gasteiger partial charge in [0.1, 0.15) is 0 Å². The Balaban J connectivity index is 0.00000261. The van der Waals surface area contributed by atoms with Gasteiger partial charge < -0.3 is 20.0 Å². The largest absolute Gasteiger partial charge is 0.343 e. The van der Waals surface area contributed by atoms with E-state index in [0.717, 1.165) is 31.3 Å². The lowest BCUT2D eigenvalue weighted by molar-refractivity contribution is 0.152. The van der Waals surface area contributed by atoms with Crippen molar-refractivity contribution in [1.82, 2.24) is 14.7 Å². The molecule has 0 aromatic heterocycles. The lowest BCUT2D eigenvalue weighted by Crippen LogP contribution is -2.44. The first-order valence-corrected chi connectivity index (χ1v) is 10.3. The van der Waals surface area contributed by atoms with Crippen LogP contribution in [-0.2, 0) is 0 Å². The molecule has 0 saturated carbocycles. The van der Waals surface area contributed by atoms with Crippen LogP contribution in [0, 0.1) is 0 Å². The maximum atomic E-state index is 4.94. The van der Waals surface area contributed by atoms with Gasteiger partial charge >= 0.3 is 0 Å². The number of para-hydroxylation sites is 1. The number of nitrogens with one attached hydrogen (secondary N) is 1. The Hall–Kier alpha value is -0.860. The molecule has 2 aliphatic heterocycles. The molecule has 2 fully saturated rings. The molecule has 0 spiro atoms. The van der Waals surface area contributed by atoms with E-state index >= 15 is 0 Å². The van der Waals surface area contributed by atoms with Crippen molar-refractivity contribution >= 4 is 35.6 Å². The molecule has 2 heterocycles. The van der Waals surface area contributed by atoms with Gasteiger partial charge in [-0.1, -0.05) is 18.2 Å². The van der Waals surface area contributed by atoms with Crippen LogP contribution < -0.4 is 5.32 Å². The van der Waals surface area contributed by atoms with Crippen LogP contribution in [0.1, 0.15) is 32.1 Å². The predicted octanol–water partition coefficient (Wildman–Crippen LogP) is 3.59. The van der Waals surface area contributed by atoms with Crippen molar-refractivity contribution in [2.24, 2.45) is 4.99 Å². The van der Waals surface area contributed by atoms with Crippen molar-refractivity contribution < 1.29 is 0 Å². The summed E-state index contributed by atoms with van der Waals surface area (Å²) in [6.45, 7) is 9.23. The molecule has 2 saturated heterocycles. The predicted molar refractivity (Wildman–Crippen MR) is 126 cm³/mol. The molecule has 0 bridgehead atoms. The highest BCUT2D eigenvalue weighted by Gasteiger charge is 2.15. The molecular weight excluding hydrogens is 449 g/mol. The Morgan fingerprint density at radius 2 is 1.63 bits per heavy atom. The lowest BCUT2D eigenvalue weighted by atomic mass is 10.1. The molecular formula is C21H36IN5. The van der Waals surface area contributed by atoms with Crippen LogP contribution in [0.25, 0.3) is 0 Å². The average molecular weight is 485 g/mol.